The number of hydrogen-bond donors (Lipinski definition) is 0. The van der Waals surface area contributed by atoms with Gasteiger partial charge in [0.1, 0.15) is 11.2 Å². The average molecular weight is 668 g/mol. The topological polar surface area (TPSA) is 18.1 Å². The van der Waals surface area contributed by atoms with Crippen LogP contribution in [0.5, 0.6) is 0 Å². The first kappa shape index (κ1) is 28.4. The van der Waals surface area contributed by atoms with Gasteiger partial charge < -0.3 is 8.98 Å². The minimum Gasteiger partial charge on any atom is -0.456 e. The van der Waals surface area contributed by atoms with E-state index in [2.05, 4.69) is 180 Å². The van der Waals surface area contributed by atoms with E-state index in [1.54, 1.807) is 0 Å². The molecule has 0 bridgehead atoms. The fourth-order valence-corrected chi connectivity index (χ4v) is 9.31. The number of hydrogen-bond acceptors (Lipinski definition) is 2. The standard InChI is InChI=1S/C48H29NOS/c1-3-11-30(12-4-1)32-21-24-41-39(28-32)40-29-33(31-13-5-2-6-14-31)22-25-42(40)49(41)35-16-9-15-34(27-35)36-18-10-19-43-46(36)47-44(50-43)26-23-38-37-17-7-8-20-45(37)51-48(38)47/h1-29H. The van der Waals surface area contributed by atoms with Crippen molar-refractivity contribution in [2.24, 2.45) is 0 Å². The molecule has 0 spiro atoms. The average Bonchev–Trinajstić information content (AvgIpc) is 3.87. The highest BCUT2D eigenvalue weighted by atomic mass is 32.1. The summed E-state index contributed by atoms with van der Waals surface area (Å²) in [5.41, 5.74) is 12.5. The minimum absolute atomic E-state index is 0.914. The van der Waals surface area contributed by atoms with Crippen molar-refractivity contribution in [3.8, 4) is 39.1 Å². The van der Waals surface area contributed by atoms with Crippen molar-refractivity contribution in [3.05, 3.63) is 176 Å². The number of nitrogens with zero attached hydrogens (tertiary/aromatic N) is 1. The second-order valence-corrected chi connectivity index (χ2v) is 14.3. The molecule has 0 radical (unpaired) electrons. The number of rotatable bonds is 4. The Morgan fingerprint density at radius 2 is 1.02 bits per heavy atom. The van der Waals surface area contributed by atoms with Crippen LogP contribution in [0.1, 0.15) is 0 Å². The molecule has 0 amide bonds. The van der Waals surface area contributed by atoms with Gasteiger partial charge in [-0.1, -0.05) is 115 Å². The molecular weight excluding hydrogens is 639 g/mol. The van der Waals surface area contributed by atoms with E-state index < -0.39 is 0 Å². The van der Waals surface area contributed by atoms with Gasteiger partial charge in [-0.2, -0.15) is 0 Å². The summed E-state index contributed by atoms with van der Waals surface area (Å²) in [4.78, 5) is 0. The zero-order valence-corrected chi connectivity index (χ0v) is 28.3. The Hall–Kier alpha value is -6.42. The van der Waals surface area contributed by atoms with Gasteiger partial charge in [0, 0.05) is 47.4 Å². The molecule has 11 aromatic rings. The molecule has 0 saturated carbocycles. The van der Waals surface area contributed by atoms with Crippen molar-refractivity contribution < 1.29 is 4.42 Å². The first-order valence-corrected chi connectivity index (χ1v) is 18.2. The van der Waals surface area contributed by atoms with Gasteiger partial charge in [-0.3, -0.25) is 0 Å². The summed E-state index contributed by atoms with van der Waals surface area (Å²) >= 11 is 1.85. The Balaban J connectivity index is 1.15. The summed E-state index contributed by atoms with van der Waals surface area (Å²) in [5, 5.41) is 7.43. The molecule has 0 aliphatic heterocycles. The van der Waals surface area contributed by atoms with Crippen molar-refractivity contribution in [2.75, 3.05) is 0 Å². The van der Waals surface area contributed by atoms with Crippen LogP contribution in [0.25, 0.3) is 103 Å². The number of thiophene rings is 1. The molecule has 0 atom stereocenters. The van der Waals surface area contributed by atoms with Gasteiger partial charge in [0.2, 0.25) is 0 Å². The van der Waals surface area contributed by atoms with Crippen LogP contribution in [-0.2, 0) is 0 Å². The van der Waals surface area contributed by atoms with Crippen molar-refractivity contribution in [3.63, 3.8) is 0 Å². The Kier molecular flexibility index (Phi) is 6.16. The Morgan fingerprint density at radius 3 is 1.75 bits per heavy atom. The van der Waals surface area contributed by atoms with Crippen LogP contribution in [0, 0.1) is 0 Å². The molecule has 8 aromatic carbocycles. The number of aromatic nitrogens is 1. The van der Waals surface area contributed by atoms with Crippen molar-refractivity contribution in [1.29, 1.82) is 0 Å². The minimum atomic E-state index is 0.914. The third-order valence-electron chi connectivity index (χ3n) is 10.4. The number of fused-ring (bicyclic) bond motifs is 10. The van der Waals surface area contributed by atoms with Gasteiger partial charge in [0.25, 0.3) is 0 Å². The number of furan rings is 1. The summed E-state index contributed by atoms with van der Waals surface area (Å²) in [6, 6.07) is 63.6. The predicted octanol–water partition coefficient (Wildman–Crippen LogP) is 14.1. The molecule has 0 saturated heterocycles. The lowest BCUT2D eigenvalue weighted by atomic mass is 9.98. The molecule has 3 aromatic heterocycles. The van der Waals surface area contributed by atoms with E-state index >= 15 is 0 Å². The molecule has 238 valence electrons. The molecule has 0 fully saturated rings. The fourth-order valence-electron chi connectivity index (χ4n) is 8.06. The molecule has 2 nitrogen and oxygen atoms in total. The summed E-state index contributed by atoms with van der Waals surface area (Å²) in [6.07, 6.45) is 0. The fraction of sp³-hybridized carbons (Fsp3) is 0. The van der Waals surface area contributed by atoms with Crippen LogP contribution in [0.2, 0.25) is 0 Å². The summed E-state index contributed by atoms with van der Waals surface area (Å²) in [5.74, 6) is 0. The Bertz CT molecular complexity index is 3030. The lowest BCUT2D eigenvalue weighted by Gasteiger charge is -2.12. The molecule has 11 rings (SSSR count). The molecule has 51 heavy (non-hydrogen) atoms. The maximum Gasteiger partial charge on any atom is 0.136 e. The highest BCUT2D eigenvalue weighted by Gasteiger charge is 2.19. The summed E-state index contributed by atoms with van der Waals surface area (Å²) in [6.45, 7) is 0. The highest BCUT2D eigenvalue weighted by Crippen LogP contribution is 2.45. The lowest BCUT2D eigenvalue weighted by Crippen LogP contribution is -1.94. The largest absolute Gasteiger partial charge is 0.456 e. The maximum absolute atomic E-state index is 6.53. The van der Waals surface area contributed by atoms with Crippen molar-refractivity contribution in [1.82, 2.24) is 4.57 Å². The normalized spacial score (nSPS) is 11.9. The van der Waals surface area contributed by atoms with E-state index in [9.17, 15) is 0 Å². The molecule has 0 unspecified atom stereocenters. The van der Waals surface area contributed by atoms with Crippen LogP contribution in [0.3, 0.4) is 0 Å². The third-order valence-corrected chi connectivity index (χ3v) is 11.6. The van der Waals surface area contributed by atoms with E-state index in [1.165, 1.54) is 80.6 Å². The van der Waals surface area contributed by atoms with Crippen LogP contribution < -0.4 is 0 Å². The van der Waals surface area contributed by atoms with E-state index in [4.69, 9.17) is 4.42 Å². The van der Waals surface area contributed by atoms with Crippen LogP contribution in [-0.4, -0.2) is 4.57 Å². The summed E-state index contributed by atoms with van der Waals surface area (Å²) in [7, 11) is 0. The van der Waals surface area contributed by atoms with E-state index in [1.807, 2.05) is 11.3 Å². The zero-order chi connectivity index (χ0) is 33.5. The van der Waals surface area contributed by atoms with Gasteiger partial charge in [-0.15, -0.1) is 11.3 Å². The van der Waals surface area contributed by atoms with E-state index in [0.717, 1.165) is 22.4 Å². The molecule has 0 N–H and O–H groups in total. The van der Waals surface area contributed by atoms with Gasteiger partial charge in [-0.05, 0) is 94.0 Å². The monoisotopic (exact) mass is 667 g/mol. The van der Waals surface area contributed by atoms with Crippen molar-refractivity contribution >= 4 is 75.3 Å². The van der Waals surface area contributed by atoms with Gasteiger partial charge in [0.05, 0.1) is 11.0 Å². The molecule has 0 aliphatic carbocycles. The van der Waals surface area contributed by atoms with E-state index in [-0.39, 0.29) is 0 Å². The smallest absolute Gasteiger partial charge is 0.136 e. The molecule has 3 heterocycles. The summed E-state index contributed by atoms with van der Waals surface area (Å²) < 4.78 is 11.5. The third kappa shape index (κ3) is 4.35. The second kappa shape index (κ2) is 11.0. The zero-order valence-electron chi connectivity index (χ0n) is 27.5. The quantitative estimate of drug-likeness (QED) is 0.183. The Labute approximate surface area is 298 Å². The Morgan fingerprint density at radius 1 is 0.392 bits per heavy atom. The van der Waals surface area contributed by atoms with E-state index in [0.29, 0.717) is 0 Å². The maximum atomic E-state index is 6.53. The van der Waals surface area contributed by atoms with Gasteiger partial charge >= 0.3 is 0 Å². The van der Waals surface area contributed by atoms with Gasteiger partial charge in [0.15, 0.2) is 0 Å². The second-order valence-electron chi connectivity index (χ2n) is 13.3. The van der Waals surface area contributed by atoms with Crippen LogP contribution in [0.15, 0.2) is 180 Å². The lowest BCUT2D eigenvalue weighted by molar-refractivity contribution is 0.669. The number of benzene rings is 8. The first-order chi connectivity index (χ1) is 25.3. The predicted molar refractivity (Wildman–Crippen MR) is 217 cm³/mol. The first-order valence-electron chi connectivity index (χ1n) is 17.3. The molecular formula is C48H29NOS. The van der Waals surface area contributed by atoms with Crippen molar-refractivity contribution in [2.45, 2.75) is 0 Å². The molecule has 0 aliphatic rings. The van der Waals surface area contributed by atoms with Crippen LogP contribution >= 0.6 is 11.3 Å². The van der Waals surface area contributed by atoms with Crippen LogP contribution in [0.4, 0.5) is 0 Å². The SMILES string of the molecule is c1ccc(-c2ccc3c(c2)c2cc(-c4ccccc4)ccc2n3-c2cccc(-c3cccc4oc5ccc6c7ccccc7sc6c5c34)c2)cc1. The highest BCUT2D eigenvalue weighted by molar-refractivity contribution is 7.26. The molecule has 3 heteroatoms. The van der Waals surface area contributed by atoms with Gasteiger partial charge in [-0.25, -0.2) is 0 Å².